The second-order valence-corrected chi connectivity index (χ2v) is 5.53. The van der Waals surface area contributed by atoms with Gasteiger partial charge in [0.15, 0.2) is 0 Å². The van der Waals surface area contributed by atoms with Gasteiger partial charge in [0.1, 0.15) is 0 Å². The predicted molar refractivity (Wildman–Crippen MR) is 64.2 cm³/mol. The Hall–Kier alpha value is -1.39. The molecule has 0 radical (unpaired) electrons. The van der Waals surface area contributed by atoms with Gasteiger partial charge in [-0.05, 0) is 11.8 Å². The molecule has 0 unspecified atom stereocenters. The van der Waals surface area contributed by atoms with E-state index in [4.69, 9.17) is 4.42 Å². The molecule has 1 aromatic heterocycles. The van der Waals surface area contributed by atoms with Crippen molar-refractivity contribution in [3.05, 3.63) is 11.8 Å². The molecule has 0 aliphatic rings. The number of hydrogen-bond acceptors (Lipinski definition) is 4. The molecule has 0 aliphatic heterocycles. The van der Waals surface area contributed by atoms with Crippen LogP contribution in [0.4, 0.5) is 0 Å². The molecule has 0 saturated carbocycles. The van der Waals surface area contributed by atoms with Gasteiger partial charge >= 0.3 is 0 Å². The summed E-state index contributed by atoms with van der Waals surface area (Å²) < 4.78 is 5.23. The summed E-state index contributed by atoms with van der Waals surface area (Å²) in [5, 5.41) is 7.60. The van der Waals surface area contributed by atoms with Crippen LogP contribution in [0.3, 0.4) is 0 Å². The molecule has 1 amide bonds. The van der Waals surface area contributed by atoms with Crippen molar-refractivity contribution in [1.82, 2.24) is 15.1 Å². The molecule has 0 N–H and O–H groups in total. The Morgan fingerprint density at radius 3 is 2.47 bits per heavy atom. The Labute approximate surface area is 102 Å². The number of rotatable bonds is 4. The van der Waals surface area contributed by atoms with Gasteiger partial charge in [0, 0.05) is 20.4 Å². The van der Waals surface area contributed by atoms with Gasteiger partial charge < -0.3 is 9.32 Å². The zero-order valence-corrected chi connectivity index (χ0v) is 11.3. The minimum Gasteiger partial charge on any atom is -0.424 e. The number of carbonyl (C=O) groups excluding carboxylic acids is 1. The van der Waals surface area contributed by atoms with Crippen molar-refractivity contribution in [2.75, 3.05) is 7.05 Å². The second-order valence-electron chi connectivity index (χ2n) is 5.53. The molecule has 0 spiro atoms. The lowest BCUT2D eigenvalue weighted by atomic mass is 9.90. The van der Waals surface area contributed by atoms with Crippen LogP contribution in [-0.2, 0) is 11.3 Å². The average Bonchev–Trinajstić information content (AvgIpc) is 2.59. The summed E-state index contributed by atoms with van der Waals surface area (Å²) in [5.74, 6) is 1.11. The number of aryl methyl sites for hydroxylation is 1. The van der Waals surface area contributed by atoms with Gasteiger partial charge in [0.25, 0.3) is 0 Å². The van der Waals surface area contributed by atoms with Crippen LogP contribution in [0.25, 0.3) is 0 Å². The topological polar surface area (TPSA) is 59.2 Å². The summed E-state index contributed by atoms with van der Waals surface area (Å²) in [4.78, 5) is 13.5. The number of aromatic nitrogens is 2. The molecule has 1 heterocycles. The van der Waals surface area contributed by atoms with Crippen molar-refractivity contribution in [2.45, 2.75) is 47.1 Å². The van der Waals surface area contributed by atoms with Crippen LogP contribution in [0.1, 0.15) is 45.4 Å². The predicted octanol–water partition coefficient (Wildman–Crippen LogP) is 2.16. The number of amides is 1. The molecular weight excluding hydrogens is 218 g/mol. The van der Waals surface area contributed by atoms with Crippen molar-refractivity contribution >= 4 is 5.91 Å². The molecule has 0 aliphatic carbocycles. The zero-order valence-electron chi connectivity index (χ0n) is 11.3. The van der Waals surface area contributed by atoms with E-state index in [0.717, 1.165) is 6.42 Å². The Morgan fingerprint density at radius 2 is 2.00 bits per heavy atom. The molecule has 17 heavy (non-hydrogen) atoms. The fourth-order valence-electron chi connectivity index (χ4n) is 1.37. The Balaban J connectivity index is 2.42. The summed E-state index contributed by atoms with van der Waals surface area (Å²) in [6.45, 7) is 8.49. The molecule has 0 saturated heterocycles. The van der Waals surface area contributed by atoms with E-state index in [-0.39, 0.29) is 11.3 Å². The van der Waals surface area contributed by atoms with Crippen LogP contribution < -0.4 is 0 Å². The van der Waals surface area contributed by atoms with Crippen molar-refractivity contribution in [3.63, 3.8) is 0 Å². The fourth-order valence-corrected chi connectivity index (χ4v) is 1.37. The van der Waals surface area contributed by atoms with Crippen LogP contribution in [0, 0.1) is 12.3 Å². The molecule has 5 heteroatoms. The quantitative estimate of drug-likeness (QED) is 0.808. The first-order valence-corrected chi connectivity index (χ1v) is 5.81. The van der Waals surface area contributed by atoms with Crippen LogP contribution in [0.15, 0.2) is 4.42 Å². The average molecular weight is 239 g/mol. The summed E-state index contributed by atoms with van der Waals surface area (Å²) in [6.07, 6.45) is 1.42. The summed E-state index contributed by atoms with van der Waals surface area (Å²) in [6, 6.07) is 0. The number of hydrogen-bond donors (Lipinski definition) is 0. The molecule has 96 valence electrons. The third-order valence-electron chi connectivity index (χ3n) is 2.45. The van der Waals surface area contributed by atoms with Crippen molar-refractivity contribution in [2.24, 2.45) is 5.41 Å². The van der Waals surface area contributed by atoms with Gasteiger partial charge in [0.2, 0.25) is 17.7 Å². The highest BCUT2D eigenvalue weighted by Gasteiger charge is 2.17. The van der Waals surface area contributed by atoms with Crippen molar-refractivity contribution in [3.8, 4) is 0 Å². The molecule has 5 nitrogen and oxygen atoms in total. The molecule has 0 bridgehead atoms. The second kappa shape index (κ2) is 5.29. The standard InChI is InChI=1S/C12H21N3O2/c1-9-13-14-10(17-9)8-15(5)11(16)6-7-12(2,3)4/h6-8H2,1-5H3. The largest absolute Gasteiger partial charge is 0.424 e. The minimum absolute atomic E-state index is 0.107. The monoisotopic (exact) mass is 239 g/mol. The smallest absolute Gasteiger partial charge is 0.235 e. The van der Waals surface area contributed by atoms with Crippen LogP contribution in [0.5, 0.6) is 0 Å². The maximum Gasteiger partial charge on any atom is 0.235 e. The summed E-state index contributed by atoms with van der Waals surface area (Å²) >= 11 is 0. The maximum absolute atomic E-state index is 11.8. The molecular formula is C12H21N3O2. The van der Waals surface area contributed by atoms with E-state index >= 15 is 0 Å². The van der Waals surface area contributed by atoms with E-state index in [1.54, 1.807) is 18.9 Å². The lowest BCUT2D eigenvalue weighted by molar-refractivity contribution is -0.131. The summed E-state index contributed by atoms with van der Waals surface area (Å²) in [5.41, 5.74) is 0.178. The van der Waals surface area contributed by atoms with Gasteiger partial charge in [-0.25, -0.2) is 0 Å². The third kappa shape index (κ3) is 4.97. The first-order valence-electron chi connectivity index (χ1n) is 5.81. The third-order valence-corrected chi connectivity index (χ3v) is 2.45. The molecule has 1 rings (SSSR count). The number of nitrogens with zero attached hydrogens (tertiary/aromatic N) is 3. The Morgan fingerprint density at radius 1 is 1.35 bits per heavy atom. The Kier molecular flexibility index (Phi) is 4.26. The fraction of sp³-hybridized carbons (Fsp3) is 0.750. The van der Waals surface area contributed by atoms with Gasteiger partial charge in [-0.15, -0.1) is 10.2 Å². The summed E-state index contributed by atoms with van der Waals surface area (Å²) in [7, 11) is 1.75. The zero-order chi connectivity index (χ0) is 13.1. The van der Waals surface area contributed by atoms with E-state index in [0.29, 0.717) is 24.7 Å². The number of carbonyl (C=O) groups is 1. The lowest BCUT2D eigenvalue weighted by Crippen LogP contribution is -2.27. The van der Waals surface area contributed by atoms with Gasteiger partial charge in [-0.3, -0.25) is 4.79 Å². The van der Waals surface area contributed by atoms with Gasteiger partial charge in [0.05, 0.1) is 6.54 Å². The first kappa shape index (κ1) is 13.7. The maximum atomic E-state index is 11.8. The molecule has 0 aromatic carbocycles. The highest BCUT2D eigenvalue weighted by molar-refractivity contribution is 5.75. The molecule has 1 aromatic rings. The van der Waals surface area contributed by atoms with Crippen LogP contribution in [-0.4, -0.2) is 28.1 Å². The molecule has 0 atom stereocenters. The highest BCUT2D eigenvalue weighted by Crippen LogP contribution is 2.21. The normalized spacial score (nSPS) is 11.6. The van der Waals surface area contributed by atoms with Gasteiger partial charge in [-0.2, -0.15) is 0 Å². The highest BCUT2D eigenvalue weighted by atomic mass is 16.4. The SMILES string of the molecule is Cc1nnc(CN(C)C(=O)CCC(C)(C)C)o1. The van der Waals surface area contributed by atoms with E-state index in [1.165, 1.54) is 0 Å². The van der Waals surface area contributed by atoms with Crippen molar-refractivity contribution in [1.29, 1.82) is 0 Å². The van der Waals surface area contributed by atoms with E-state index in [1.807, 2.05) is 0 Å². The lowest BCUT2D eigenvalue weighted by Gasteiger charge is -2.20. The minimum atomic E-state index is 0.107. The molecule has 0 fully saturated rings. The van der Waals surface area contributed by atoms with Crippen molar-refractivity contribution < 1.29 is 9.21 Å². The van der Waals surface area contributed by atoms with E-state index < -0.39 is 0 Å². The van der Waals surface area contributed by atoms with E-state index in [2.05, 4.69) is 31.0 Å². The van der Waals surface area contributed by atoms with Gasteiger partial charge in [-0.1, -0.05) is 20.8 Å². The van der Waals surface area contributed by atoms with Crippen LogP contribution >= 0.6 is 0 Å². The Bertz CT molecular complexity index is 379. The first-order chi connectivity index (χ1) is 7.78. The van der Waals surface area contributed by atoms with E-state index in [9.17, 15) is 4.79 Å². The van der Waals surface area contributed by atoms with Crippen LogP contribution in [0.2, 0.25) is 0 Å².